The van der Waals surface area contributed by atoms with Gasteiger partial charge in [-0.3, -0.25) is 4.79 Å². The summed E-state index contributed by atoms with van der Waals surface area (Å²) < 4.78 is 26.8. The van der Waals surface area contributed by atoms with Crippen LogP contribution in [0.5, 0.6) is 5.75 Å². The van der Waals surface area contributed by atoms with Crippen LogP contribution in [0.3, 0.4) is 0 Å². The van der Waals surface area contributed by atoms with Crippen LogP contribution in [-0.4, -0.2) is 21.1 Å². The molecule has 0 saturated carbocycles. The van der Waals surface area contributed by atoms with Gasteiger partial charge in [-0.05, 0) is 12.1 Å². The normalized spacial score (nSPS) is 10.8. The molecule has 1 aromatic rings. The first-order valence-electron chi connectivity index (χ1n) is 3.45. The number of rotatable bonds is 3. The van der Waals surface area contributed by atoms with Gasteiger partial charge >= 0.3 is 0 Å². The van der Waals surface area contributed by atoms with Crippen LogP contribution in [0, 0.1) is 0 Å². The molecule has 0 radical (unpaired) electrons. The van der Waals surface area contributed by atoms with Gasteiger partial charge in [-0.2, -0.15) is 0 Å². The lowest BCUT2D eigenvalue weighted by Gasteiger charge is -2.03. The molecule has 0 aliphatic heterocycles. The fourth-order valence-electron chi connectivity index (χ4n) is 0.906. The van der Waals surface area contributed by atoms with E-state index >= 15 is 0 Å². The maximum atomic E-state index is 11.1. The molecule has 1 aromatic carbocycles. The van der Waals surface area contributed by atoms with E-state index in [4.69, 9.17) is 0 Å². The molecule has 0 aliphatic rings. The van der Waals surface area contributed by atoms with Gasteiger partial charge in [-0.15, -0.1) is 0 Å². The summed E-state index contributed by atoms with van der Waals surface area (Å²) in [6.45, 7) is 0.198. The molecule has 0 heterocycles. The van der Waals surface area contributed by atoms with Crippen molar-refractivity contribution in [1.82, 2.24) is 0 Å². The van der Waals surface area contributed by atoms with E-state index in [0.717, 1.165) is 6.26 Å². The molecule has 0 N–H and O–H groups in total. The average Bonchev–Trinajstić information content (AvgIpc) is 2.04. The summed E-state index contributed by atoms with van der Waals surface area (Å²) in [5, 5.41) is 0. The summed E-state index contributed by atoms with van der Waals surface area (Å²) in [4.78, 5) is 10.1. The number of hydrogen-bond acceptors (Lipinski definition) is 4. The monoisotopic (exact) mass is 200 g/mol. The molecule has 0 amide bonds. The van der Waals surface area contributed by atoms with E-state index < -0.39 is 9.84 Å². The first-order valence-corrected chi connectivity index (χ1v) is 5.34. The van der Waals surface area contributed by atoms with Gasteiger partial charge in [-0.1, -0.05) is 12.1 Å². The summed E-state index contributed by atoms with van der Waals surface area (Å²) in [5.41, 5.74) is 0. The summed E-state index contributed by atoms with van der Waals surface area (Å²) in [6.07, 6.45) is 1.06. The molecule has 0 atom stereocenters. The Morgan fingerprint density at radius 1 is 1.31 bits per heavy atom. The molecule has 0 fully saturated rings. The Labute approximate surface area is 76.1 Å². The van der Waals surface area contributed by atoms with E-state index in [1.807, 2.05) is 0 Å². The topological polar surface area (TPSA) is 60.4 Å². The number of ether oxygens (including phenoxy) is 1. The van der Waals surface area contributed by atoms with Crippen molar-refractivity contribution in [2.75, 3.05) is 6.26 Å². The van der Waals surface area contributed by atoms with E-state index in [2.05, 4.69) is 4.74 Å². The SMILES string of the molecule is CS(=O)(=O)c1ccccc1OC=O. The van der Waals surface area contributed by atoms with Gasteiger partial charge in [-0.25, -0.2) is 8.42 Å². The van der Waals surface area contributed by atoms with Crippen molar-refractivity contribution in [2.45, 2.75) is 4.90 Å². The predicted octanol–water partition coefficient (Wildman–Crippen LogP) is 0.625. The second kappa shape index (κ2) is 3.57. The predicted molar refractivity (Wildman–Crippen MR) is 46.2 cm³/mol. The molecular formula is C8H8O4S. The first-order chi connectivity index (χ1) is 6.05. The van der Waals surface area contributed by atoms with Gasteiger partial charge in [0.1, 0.15) is 10.6 Å². The van der Waals surface area contributed by atoms with Crippen LogP contribution in [-0.2, 0) is 14.6 Å². The lowest BCUT2D eigenvalue weighted by Crippen LogP contribution is -2.01. The standard InChI is InChI=1S/C8H8O4S/c1-13(10,11)8-5-3-2-4-7(8)12-6-9/h2-6H,1H3. The lowest BCUT2D eigenvalue weighted by molar-refractivity contribution is -0.120. The van der Waals surface area contributed by atoms with Crippen LogP contribution in [0.15, 0.2) is 29.2 Å². The summed E-state index contributed by atoms with van der Waals surface area (Å²) in [6, 6.07) is 5.96. The number of sulfone groups is 1. The molecule has 0 bridgehead atoms. The van der Waals surface area contributed by atoms with Crippen LogP contribution >= 0.6 is 0 Å². The number of para-hydroxylation sites is 1. The van der Waals surface area contributed by atoms with Crippen molar-refractivity contribution >= 4 is 16.3 Å². The van der Waals surface area contributed by atoms with Crippen LogP contribution in [0.4, 0.5) is 0 Å². The first kappa shape index (κ1) is 9.73. The third-order valence-electron chi connectivity index (χ3n) is 1.42. The molecule has 1 rings (SSSR count). The van der Waals surface area contributed by atoms with Crippen molar-refractivity contribution in [2.24, 2.45) is 0 Å². The second-order valence-electron chi connectivity index (χ2n) is 2.43. The Morgan fingerprint density at radius 3 is 2.46 bits per heavy atom. The van der Waals surface area contributed by atoms with Crippen molar-refractivity contribution in [3.63, 3.8) is 0 Å². The third-order valence-corrected chi connectivity index (χ3v) is 2.56. The van der Waals surface area contributed by atoms with Crippen molar-refractivity contribution in [3.05, 3.63) is 24.3 Å². The van der Waals surface area contributed by atoms with Crippen LogP contribution in [0.2, 0.25) is 0 Å². The smallest absolute Gasteiger partial charge is 0.298 e. The maximum Gasteiger partial charge on any atom is 0.298 e. The molecule has 13 heavy (non-hydrogen) atoms. The van der Waals surface area contributed by atoms with Gasteiger partial charge < -0.3 is 4.74 Å². The average molecular weight is 200 g/mol. The van der Waals surface area contributed by atoms with Crippen LogP contribution in [0.1, 0.15) is 0 Å². The number of carbonyl (C=O) groups is 1. The van der Waals surface area contributed by atoms with E-state index in [1.54, 1.807) is 12.1 Å². The van der Waals surface area contributed by atoms with Gasteiger partial charge in [0.25, 0.3) is 6.47 Å². The molecule has 0 aromatic heterocycles. The zero-order valence-electron chi connectivity index (χ0n) is 6.93. The quantitative estimate of drug-likeness (QED) is 0.671. The van der Waals surface area contributed by atoms with E-state index in [-0.39, 0.29) is 17.1 Å². The van der Waals surface area contributed by atoms with Crippen molar-refractivity contribution in [3.8, 4) is 5.75 Å². The second-order valence-corrected chi connectivity index (χ2v) is 4.42. The largest absolute Gasteiger partial charge is 0.427 e. The molecule has 70 valence electrons. The van der Waals surface area contributed by atoms with Gasteiger partial charge in [0.15, 0.2) is 9.84 Å². The number of hydrogen-bond donors (Lipinski definition) is 0. The fourth-order valence-corrected chi connectivity index (χ4v) is 1.71. The zero-order chi connectivity index (χ0) is 9.90. The summed E-state index contributed by atoms with van der Waals surface area (Å²) in [7, 11) is -3.34. The third kappa shape index (κ3) is 2.29. The highest BCUT2D eigenvalue weighted by Crippen LogP contribution is 2.22. The molecule has 0 unspecified atom stereocenters. The summed E-state index contributed by atoms with van der Waals surface area (Å²) in [5.74, 6) is 0.0556. The van der Waals surface area contributed by atoms with E-state index in [9.17, 15) is 13.2 Å². The molecular weight excluding hydrogens is 192 g/mol. The Hall–Kier alpha value is -1.36. The fraction of sp³-hybridized carbons (Fsp3) is 0.125. The lowest BCUT2D eigenvalue weighted by atomic mass is 10.3. The highest BCUT2D eigenvalue weighted by Gasteiger charge is 2.12. The Kier molecular flexibility index (Phi) is 2.67. The number of carbonyl (C=O) groups excluding carboxylic acids is 1. The minimum atomic E-state index is -3.34. The molecule has 4 nitrogen and oxygen atoms in total. The highest BCUT2D eigenvalue weighted by atomic mass is 32.2. The zero-order valence-corrected chi connectivity index (χ0v) is 7.74. The number of benzene rings is 1. The van der Waals surface area contributed by atoms with Crippen molar-refractivity contribution < 1.29 is 17.9 Å². The molecule has 0 aliphatic carbocycles. The van der Waals surface area contributed by atoms with E-state index in [0.29, 0.717) is 0 Å². The highest BCUT2D eigenvalue weighted by molar-refractivity contribution is 7.90. The van der Waals surface area contributed by atoms with Gasteiger partial charge in [0.05, 0.1) is 0 Å². The van der Waals surface area contributed by atoms with E-state index in [1.165, 1.54) is 12.1 Å². The van der Waals surface area contributed by atoms with Crippen LogP contribution in [0.25, 0.3) is 0 Å². The van der Waals surface area contributed by atoms with Crippen molar-refractivity contribution in [1.29, 1.82) is 0 Å². The minimum absolute atomic E-state index is 0.0158. The Balaban J connectivity index is 3.28. The van der Waals surface area contributed by atoms with Gasteiger partial charge in [0, 0.05) is 6.26 Å². The molecule has 0 spiro atoms. The Morgan fingerprint density at radius 2 is 1.92 bits per heavy atom. The molecule has 0 saturated heterocycles. The van der Waals surface area contributed by atoms with Crippen LogP contribution < -0.4 is 4.74 Å². The van der Waals surface area contributed by atoms with Gasteiger partial charge in [0.2, 0.25) is 0 Å². The maximum absolute atomic E-state index is 11.1. The minimum Gasteiger partial charge on any atom is -0.427 e. The summed E-state index contributed by atoms with van der Waals surface area (Å²) >= 11 is 0. The molecule has 5 heteroatoms. The Bertz CT molecular complexity index is 408.